The predicted octanol–water partition coefficient (Wildman–Crippen LogP) is 6.89. The van der Waals surface area contributed by atoms with Crippen molar-refractivity contribution >= 4 is 50.6 Å². The number of hydrogen-bond acceptors (Lipinski definition) is 6. The van der Waals surface area contributed by atoms with E-state index in [4.69, 9.17) is 4.99 Å². The molecule has 0 amide bonds. The minimum atomic E-state index is -4.29. The molecule has 2 aliphatic heterocycles. The topological polar surface area (TPSA) is 124 Å². The van der Waals surface area contributed by atoms with Gasteiger partial charge in [0.05, 0.1) is 15.5 Å². The molecule has 258 valence electrons. The number of aliphatic imine (C=N–C) groups is 1. The molecule has 0 saturated carbocycles. The molecule has 0 saturated heterocycles. The molecule has 2 N–H and O–H groups in total. The maximum atomic E-state index is 11.8. The van der Waals surface area contributed by atoms with Gasteiger partial charge in [0.2, 0.25) is 0 Å². The quantitative estimate of drug-likeness (QED) is 0.157. The third kappa shape index (κ3) is 6.22. The predicted molar refractivity (Wildman–Crippen MR) is 201 cm³/mol. The van der Waals surface area contributed by atoms with Gasteiger partial charge in [-0.25, -0.2) is 0 Å². The third-order valence-electron chi connectivity index (χ3n) is 10.6. The fraction of sp³-hybridized carbons (Fsp3) is 0.256. The van der Waals surface area contributed by atoms with Crippen LogP contribution in [0.15, 0.2) is 117 Å². The lowest BCUT2D eigenvalue weighted by Crippen LogP contribution is -2.54. The van der Waals surface area contributed by atoms with Crippen LogP contribution in [0, 0.1) is 19.8 Å². The van der Waals surface area contributed by atoms with Gasteiger partial charge >= 0.3 is 0 Å². The summed E-state index contributed by atoms with van der Waals surface area (Å²) in [6.07, 6.45) is 7.93. The summed E-state index contributed by atoms with van der Waals surface area (Å²) in [5.41, 5.74) is 9.46. The molecule has 0 aromatic heterocycles. The summed E-state index contributed by atoms with van der Waals surface area (Å²) >= 11 is 0. The Labute approximate surface area is 295 Å². The highest BCUT2D eigenvalue weighted by Crippen LogP contribution is 2.47. The van der Waals surface area contributed by atoms with Gasteiger partial charge in [0.25, 0.3) is 20.2 Å². The van der Waals surface area contributed by atoms with Crippen LogP contribution < -0.4 is 10.1 Å². The van der Waals surface area contributed by atoms with Gasteiger partial charge < -0.3 is 4.90 Å². The lowest BCUT2D eigenvalue weighted by molar-refractivity contribution is 0.481. The van der Waals surface area contributed by atoms with Crippen LogP contribution in [0.25, 0.3) is 0 Å². The maximum absolute atomic E-state index is 11.8. The minimum absolute atomic E-state index is 0.0827. The van der Waals surface area contributed by atoms with Crippen molar-refractivity contribution in [3.63, 3.8) is 0 Å². The molecule has 2 unspecified atom stereocenters. The molecule has 0 bridgehead atoms. The van der Waals surface area contributed by atoms with Gasteiger partial charge in [-0.1, -0.05) is 60.8 Å². The fourth-order valence-electron chi connectivity index (χ4n) is 7.96. The molecular weight excluding hydrogens is 685 g/mol. The summed E-state index contributed by atoms with van der Waals surface area (Å²) in [4.78, 5) is 7.01. The van der Waals surface area contributed by atoms with Crippen LogP contribution in [0.1, 0.15) is 39.3 Å². The van der Waals surface area contributed by atoms with Crippen molar-refractivity contribution in [2.45, 2.75) is 55.5 Å². The Morgan fingerprint density at radius 2 is 1.56 bits per heavy atom. The van der Waals surface area contributed by atoms with Crippen molar-refractivity contribution < 1.29 is 25.9 Å². The van der Waals surface area contributed by atoms with E-state index in [1.807, 2.05) is 6.92 Å². The van der Waals surface area contributed by atoms with E-state index in [9.17, 15) is 25.9 Å². The van der Waals surface area contributed by atoms with Crippen LogP contribution in [-0.4, -0.2) is 52.8 Å². The monoisotopic (exact) mass is 724 g/mol. The molecule has 2 heterocycles. The van der Waals surface area contributed by atoms with Crippen molar-refractivity contribution in [2.24, 2.45) is 10.9 Å². The largest absolute Gasteiger partial charge is 0.341 e. The molecule has 1 aliphatic carbocycles. The van der Waals surface area contributed by atoms with E-state index >= 15 is 0 Å². The van der Waals surface area contributed by atoms with E-state index in [1.165, 1.54) is 45.3 Å². The summed E-state index contributed by atoms with van der Waals surface area (Å²) in [6, 6.07) is 24.9. The first-order valence-electron chi connectivity index (χ1n) is 16.7. The highest BCUT2D eigenvalue weighted by molar-refractivity contribution is 7.86. The second-order valence-corrected chi connectivity index (χ2v) is 21.2. The molecule has 7 rings (SSSR count). The summed E-state index contributed by atoms with van der Waals surface area (Å²) in [5.74, 6) is 0.300. The Kier molecular flexibility index (Phi) is 8.63. The highest BCUT2D eigenvalue weighted by atomic mass is 32.2. The average Bonchev–Trinajstić information content (AvgIpc) is 3.49. The number of hydrogen-bond donors (Lipinski definition) is 2. The minimum Gasteiger partial charge on any atom is -0.341 e. The second kappa shape index (κ2) is 12.6. The van der Waals surface area contributed by atoms with Crippen molar-refractivity contribution in [3.8, 4) is 0 Å². The fourth-order valence-corrected chi connectivity index (χ4v) is 12.4. The summed E-state index contributed by atoms with van der Waals surface area (Å²) in [5, 5.41) is 2.77. The Balaban J connectivity index is 1.27. The van der Waals surface area contributed by atoms with Crippen LogP contribution in [0.2, 0.25) is 13.1 Å². The van der Waals surface area contributed by atoms with Crippen LogP contribution in [0.3, 0.4) is 0 Å². The number of benzene rings is 4. The number of aryl methyl sites for hydroxylation is 2. The standard InChI is InChI=1S/C39H40N2O6S2Si/c1-25-9-12-31(48(42,43)44)21-27(25)17-19-40-29-10-14-34-37(23-29)50(3,4)38-24-30(11-15-35(38)39(34)33-8-6-5-7-26(33)2)41-20-18-28-22-32(49(45,46)47)13-16-36(28)41/h5-16,21-24,34,39H,17-20H2,1-4H3,(H,42,43,44)(H,45,46,47)/b40-29-. The zero-order chi connectivity index (χ0) is 35.6. The molecule has 4 aromatic carbocycles. The van der Waals surface area contributed by atoms with Gasteiger partial charge in [-0.3, -0.25) is 14.1 Å². The Morgan fingerprint density at radius 1 is 0.840 bits per heavy atom. The smallest absolute Gasteiger partial charge is 0.294 e. The number of nitrogens with zero attached hydrogens (tertiary/aromatic N) is 2. The second-order valence-electron chi connectivity index (χ2n) is 14.0. The normalized spacial score (nSPS) is 20.3. The number of allylic oxidation sites excluding steroid dienone is 4. The van der Waals surface area contributed by atoms with Gasteiger partial charge in [-0.05, 0) is 120 Å². The molecule has 8 nitrogen and oxygen atoms in total. The van der Waals surface area contributed by atoms with Crippen LogP contribution in [0.4, 0.5) is 11.4 Å². The third-order valence-corrected chi connectivity index (χ3v) is 16.0. The SMILES string of the molecule is Cc1ccc(S(=O)(=O)O)cc1CC/N=C1/C=CC2C(=C1)[Si](C)(C)c1cc(N3CCc4cc(S(=O)(=O)O)ccc43)ccc1C2c1ccccc1C. The molecule has 0 radical (unpaired) electrons. The van der Waals surface area contributed by atoms with E-state index in [0.717, 1.165) is 33.8 Å². The van der Waals surface area contributed by atoms with E-state index in [-0.39, 0.29) is 21.6 Å². The van der Waals surface area contributed by atoms with Crippen molar-refractivity contribution in [2.75, 3.05) is 18.0 Å². The first-order valence-corrected chi connectivity index (χ1v) is 22.6. The van der Waals surface area contributed by atoms with Gasteiger partial charge in [-0.15, -0.1) is 0 Å². The molecule has 2 atom stereocenters. The number of anilines is 2. The number of fused-ring (bicyclic) bond motifs is 3. The van der Waals surface area contributed by atoms with Gasteiger partial charge in [0.15, 0.2) is 0 Å². The first-order chi connectivity index (χ1) is 23.6. The molecule has 11 heteroatoms. The molecular formula is C39H40N2O6S2Si. The average molecular weight is 725 g/mol. The van der Waals surface area contributed by atoms with Crippen molar-refractivity contribution in [1.82, 2.24) is 0 Å². The molecule has 50 heavy (non-hydrogen) atoms. The highest BCUT2D eigenvalue weighted by Gasteiger charge is 2.45. The summed E-state index contributed by atoms with van der Waals surface area (Å²) in [7, 11) is -10.8. The Hall–Kier alpha value is -4.13. The Bertz CT molecular complexity index is 2360. The molecule has 3 aliphatic rings. The lowest BCUT2D eigenvalue weighted by Gasteiger charge is -2.45. The van der Waals surface area contributed by atoms with E-state index in [0.29, 0.717) is 25.9 Å². The van der Waals surface area contributed by atoms with Crippen molar-refractivity contribution in [3.05, 3.63) is 136 Å². The van der Waals surface area contributed by atoms with Crippen molar-refractivity contribution in [1.29, 1.82) is 0 Å². The van der Waals surface area contributed by atoms with Gasteiger partial charge in [-0.2, -0.15) is 16.8 Å². The number of rotatable bonds is 7. The molecule has 0 spiro atoms. The summed E-state index contributed by atoms with van der Waals surface area (Å²) < 4.78 is 66.2. The van der Waals surface area contributed by atoms with Crippen LogP contribution >= 0.6 is 0 Å². The van der Waals surface area contributed by atoms with E-state index in [2.05, 4.69) is 85.6 Å². The van der Waals surface area contributed by atoms with E-state index < -0.39 is 28.3 Å². The maximum Gasteiger partial charge on any atom is 0.294 e. The van der Waals surface area contributed by atoms with E-state index in [1.54, 1.807) is 18.2 Å². The van der Waals surface area contributed by atoms with Crippen LogP contribution in [0.5, 0.6) is 0 Å². The Morgan fingerprint density at radius 3 is 2.30 bits per heavy atom. The zero-order valence-corrected chi connectivity index (χ0v) is 31.1. The van der Waals surface area contributed by atoms with Crippen LogP contribution in [-0.2, 0) is 33.1 Å². The van der Waals surface area contributed by atoms with Gasteiger partial charge in [0, 0.05) is 36.3 Å². The molecule has 0 fully saturated rings. The summed E-state index contributed by atoms with van der Waals surface area (Å²) in [6.45, 7) is 10.1. The lowest BCUT2D eigenvalue weighted by atomic mass is 9.76. The first kappa shape index (κ1) is 34.3. The van der Waals surface area contributed by atoms with Gasteiger partial charge in [0.1, 0.15) is 8.07 Å². The zero-order valence-electron chi connectivity index (χ0n) is 28.5. The molecule has 4 aromatic rings.